The molecular weight excluding hydrogens is 236 g/mol. The zero-order valence-electron chi connectivity index (χ0n) is 12.3. The molecule has 1 saturated heterocycles. The Hall–Kier alpha value is -0.900. The monoisotopic (exact) mass is 262 g/mol. The molecule has 0 unspecified atom stereocenters. The molecule has 1 heterocycles. The molecular formula is C16H26N2O. The molecule has 3 heteroatoms. The van der Waals surface area contributed by atoms with Crippen LogP contribution in [-0.2, 0) is 0 Å². The minimum atomic E-state index is 0.267. The fourth-order valence-corrected chi connectivity index (χ4v) is 3.10. The number of benzene rings is 1. The van der Waals surface area contributed by atoms with Crippen molar-refractivity contribution in [3.05, 3.63) is 35.9 Å². The van der Waals surface area contributed by atoms with E-state index < -0.39 is 0 Å². The molecule has 1 aromatic rings. The molecule has 1 N–H and O–H groups in total. The minimum absolute atomic E-state index is 0.267. The molecule has 1 fully saturated rings. The highest BCUT2D eigenvalue weighted by atomic mass is 16.3. The summed E-state index contributed by atoms with van der Waals surface area (Å²) in [6, 6.07) is 11.8. The molecule has 0 radical (unpaired) electrons. The van der Waals surface area contributed by atoms with Gasteiger partial charge in [0.25, 0.3) is 0 Å². The Morgan fingerprint density at radius 1 is 1.32 bits per heavy atom. The van der Waals surface area contributed by atoms with Gasteiger partial charge < -0.3 is 10.0 Å². The highest BCUT2D eigenvalue weighted by Gasteiger charge is 2.34. The van der Waals surface area contributed by atoms with E-state index in [2.05, 4.69) is 61.2 Å². The Labute approximate surface area is 116 Å². The second-order valence-electron chi connectivity index (χ2n) is 5.78. The summed E-state index contributed by atoms with van der Waals surface area (Å²) in [4.78, 5) is 4.75. The van der Waals surface area contributed by atoms with Crippen LogP contribution in [0.4, 0.5) is 0 Å². The molecule has 3 nitrogen and oxygen atoms in total. The van der Waals surface area contributed by atoms with Crippen LogP contribution in [0.5, 0.6) is 0 Å². The summed E-state index contributed by atoms with van der Waals surface area (Å²) in [7, 11) is 4.26. The van der Waals surface area contributed by atoms with Crippen molar-refractivity contribution in [3.8, 4) is 0 Å². The molecule has 2 rings (SSSR count). The predicted molar refractivity (Wildman–Crippen MR) is 79.1 cm³/mol. The largest absolute Gasteiger partial charge is 0.395 e. The van der Waals surface area contributed by atoms with Gasteiger partial charge in [-0.05, 0) is 46.0 Å². The number of rotatable bonds is 5. The summed E-state index contributed by atoms with van der Waals surface area (Å²) < 4.78 is 0. The highest BCUT2D eigenvalue weighted by Crippen LogP contribution is 2.33. The Balaban J connectivity index is 2.29. The molecule has 0 bridgehead atoms. The molecule has 0 spiro atoms. The summed E-state index contributed by atoms with van der Waals surface area (Å²) in [5.41, 5.74) is 1.35. The van der Waals surface area contributed by atoms with Crippen LogP contribution >= 0.6 is 0 Å². The summed E-state index contributed by atoms with van der Waals surface area (Å²) in [6.07, 6.45) is 2.30. The number of likely N-dealkylation sites (tertiary alicyclic amines) is 1. The number of hydrogen-bond donors (Lipinski definition) is 1. The van der Waals surface area contributed by atoms with Crippen LogP contribution in [0.15, 0.2) is 30.3 Å². The minimum Gasteiger partial charge on any atom is -0.395 e. The summed E-state index contributed by atoms with van der Waals surface area (Å²) in [5.74, 6) is 0. The predicted octanol–water partition coefficient (Wildman–Crippen LogP) is 2.13. The van der Waals surface area contributed by atoms with Crippen molar-refractivity contribution in [2.45, 2.75) is 37.9 Å². The number of likely N-dealkylation sites (N-methyl/N-ethyl adjacent to an activating group) is 1. The van der Waals surface area contributed by atoms with Gasteiger partial charge in [0.15, 0.2) is 0 Å². The van der Waals surface area contributed by atoms with Gasteiger partial charge in [0.05, 0.1) is 12.6 Å². The smallest absolute Gasteiger partial charge is 0.0587 e. The molecule has 3 atom stereocenters. The van der Waals surface area contributed by atoms with E-state index in [1.54, 1.807) is 0 Å². The lowest BCUT2D eigenvalue weighted by Crippen LogP contribution is -2.45. The van der Waals surface area contributed by atoms with Gasteiger partial charge >= 0.3 is 0 Å². The first kappa shape index (κ1) is 14.5. The average Bonchev–Trinajstić information content (AvgIpc) is 2.88. The molecule has 1 aromatic carbocycles. The van der Waals surface area contributed by atoms with Crippen LogP contribution < -0.4 is 0 Å². The highest BCUT2D eigenvalue weighted by molar-refractivity contribution is 5.21. The summed E-state index contributed by atoms with van der Waals surface area (Å²) in [6.45, 7) is 3.62. The van der Waals surface area contributed by atoms with Gasteiger partial charge in [-0.2, -0.15) is 0 Å². The molecule has 1 aliphatic heterocycles. The lowest BCUT2D eigenvalue weighted by molar-refractivity contribution is 0.0741. The van der Waals surface area contributed by atoms with Crippen LogP contribution in [-0.4, -0.2) is 54.2 Å². The quantitative estimate of drug-likeness (QED) is 0.880. The van der Waals surface area contributed by atoms with Gasteiger partial charge in [0.1, 0.15) is 0 Å². The molecule has 19 heavy (non-hydrogen) atoms. The standard InChI is InChI=1S/C16H26N2O/c1-13(17(2)3)16(14-8-5-4-6-9-14)18-11-7-10-15(18)12-19/h4-6,8-9,13,15-16,19H,7,10-12H2,1-3H3/t13-,15-,16+/m0/s1. The maximum atomic E-state index is 9.60. The van der Waals surface area contributed by atoms with Crippen molar-refractivity contribution in [1.29, 1.82) is 0 Å². The van der Waals surface area contributed by atoms with E-state index in [0.717, 1.165) is 13.0 Å². The van der Waals surface area contributed by atoms with Gasteiger partial charge in [-0.3, -0.25) is 4.90 Å². The Morgan fingerprint density at radius 2 is 2.00 bits per heavy atom. The topological polar surface area (TPSA) is 26.7 Å². The van der Waals surface area contributed by atoms with Crippen LogP contribution in [0, 0.1) is 0 Å². The van der Waals surface area contributed by atoms with Gasteiger partial charge in [0, 0.05) is 12.1 Å². The Morgan fingerprint density at radius 3 is 2.58 bits per heavy atom. The number of aliphatic hydroxyl groups excluding tert-OH is 1. The normalized spacial score (nSPS) is 23.7. The Bertz CT molecular complexity index is 380. The fraction of sp³-hybridized carbons (Fsp3) is 0.625. The van der Waals surface area contributed by atoms with Crippen molar-refractivity contribution in [2.24, 2.45) is 0 Å². The van der Waals surface area contributed by atoms with Crippen LogP contribution in [0.25, 0.3) is 0 Å². The average molecular weight is 262 g/mol. The lowest BCUT2D eigenvalue weighted by atomic mass is 9.97. The summed E-state index contributed by atoms with van der Waals surface area (Å²) >= 11 is 0. The zero-order valence-corrected chi connectivity index (χ0v) is 12.3. The second kappa shape index (κ2) is 6.51. The van der Waals surface area contributed by atoms with Gasteiger partial charge in [-0.15, -0.1) is 0 Å². The van der Waals surface area contributed by atoms with Crippen molar-refractivity contribution in [1.82, 2.24) is 9.80 Å². The number of hydrogen-bond acceptors (Lipinski definition) is 3. The van der Waals surface area contributed by atoms with Crippen molar-refractivity contribution in [3.63, 3.8) is 0 Å². The lowest BCUT2D eigenvalue weighted by Gasteiger charge is -2.39. The molecule has 0 saturated carbocycles. The van der Waals surface area contributed by atoms with Crippen LogP contribution in [0.3, 0.4) is 0 Å². The van der Waals surface area contributed by atoms with E-state index in [-0.39, 0.29) is 6.61 Å². The molecule has 1 aliphatic rings. The summed E-state index contributed by atoms with van der Waals surface area (Å²) in [5, 5.41) is 9.60. The van der Waals surface area contributed by atoms with E-state index in [1.807, 2.05) is 0 Å². The van der Waals surface area contributed by atoms with Crippen LogP contribution in [0.2, 0.25) is 0 Å². The first-order chi connectivity index (χ1) is 9.15. The molecule has 0 aliphatic carbocycles. The van der Waals surface area contributed by atoms with Crippen molar-refractivity contribution in [2.75, 3.05) is 27.2 Å². The third-order valence-electron chi connectivity index (χ3n) is 4.40. The number of nitrogens with zero attached hydrogens (tertiary/aromatic N) is 2. The third kappa shape index (κ3) is 3.16. The van der Waals surface area contributed by atoms with E-state index in [0.29, 0.717) is 18.1 Å². The first-order valence-corrected chi connectivity index (χ1v) is 7.23. The van der Waals surface area contributed by atoms with E-state index >= 15 is 0 Å². The first-order valence-electron chi connectivity index (χ1n) is 7.23. The van der Waals surface area contributed by atoms with Crippen molar-refractivity contribution < 1.29 is 5.11 Å². The van der Waals surface area contributed by atoms with Gasteiger partial charge in [-0.1, -0.05) is 30.3 Å². The third-order valence-corrected chi connectivity index (χ3v) is 4.40. The van der Waals surface area contributed by atoms with Gasteiger partial charge in [0.2, 0.25) is 0 Å². The maximum Gasteiger partial charge on any atom is 0.0587 e. The van der Waals surface area contributed by atoms with Crippen molar-refractivity contribution >= 4 is 0 Å². The van der Waals surface area contributed by atoms with E-state index in [9.17, 15) is 5.11 Å². The Kier molecular flexibility index (Phi) is 4.97. The molecule has 106 valence electrons. The van der Waals surface area contributed by atoms with Crippen LogP contribution in [0.1, 0.15) is 31.4 Å². The van der Waals surface area contributed by atoms with E-state index in [4.69, 9.17) is 0 Å². The SMILES string of the molecule is C[C@@H]([C@H](c1ccccc1)N1CCC[C@H]1CO)N(C)C. The molecule has 0 amide bonds. The van der Waals surface area contributed by atoms with Gasteiger partial charge in [-0.25, -0.2) is 0 Å². The number of aliphatic hydroxyl groups is 1. The maximum absolute atomic E-state index is 9.60. The molecule has 0 aromatic heterocycles. The zero-order chi connectivity index (χ0) is 13.8. The fourth-order valence-electron chi connectivity index (χ4n) is 3.10. The van der Waals surface area contributed by atoms with E-state index in [1.165, 1.54) is 12.0 Å². The second-order valence-corrected chi connectivity index (χ2v) is 5.78.